The van der Waals surface area contributed by atoms with Gasteiger partial charge in [0.05, 0.1) is 18.3 Å². The summed E-state index contributed by atoms with van der Waals surface area (Å²) in [5, 5.41) is 11.7. The monoisotopic (exact) mass is 224 g/mol. The van der Waals surface area contributed by atoms with Crippen molar-refractivity contribution in [3.63, 3.8) is 0 Å². The third-order valence-corrected chi connectivity index (χ3v) is 2.48. The molecule has 0 spiro atoms. The summed E-state index contributed by atoms with van der Waals surface area (Å²) in [6.07, 6.45) is -0.457. The first-order valence-corrected chi connectivity index (χ1v) is 4.93. The van der Waals surface area contributed by atoms with Gasteiger partial charge in [-0.3, -0.25) is 0 Å². The summed E-state index contributed by atoms with van der Waals surface area (Å²) in [6.45, 7) is 1.65. The van der Waals surface area contributed by atoms with Gasteiger partial charge in [0.25, 0.3) is 0 Å². The van der Waals surface area contributed by atoms with Crippen LogP contribution in [0.1, 0.15) is 17.2 Å². The van der Waals surface area contributed by atoms with Gasteiger partial charge in [0.2, 0.25) is 0 Å². The van der Waals surface area contributed by atoms with E-state index in [1.807, 2.05) is 0 Å². The highest BCUT2D eigenvalue weighted by molar-refractivity contribution is 5.36. The molecule has 1 unspecified atom stereocenters. The number of hydrogen-bond acceptors (Lipinski definition) is 3. The van der Waals surface area contributed by atoms with Crippen molar-refractivity contribution in [2.24, 2.45) is 0 Å². The Hall–Kier alpha value is -1.51. The second kappa shape index (κ2) is 4.56. The smallest absolute Gasteiger partial charge is 0.143 e. The molecule has 1 N–H and O–H groups in total. The lowest BCUT2D eigenvalue weighted by molar-refractivity contribution is 0.0254. The van der Waals surface area contributed by atoms with Crippen LogP contribution >= 0.6 is 0 Å². The minimum absolute atomic E-state index is 0.162. The van der Waals surface area contributed by atoms with Crippen molar-refractivity contribution in [3.8, 4) is 6.07 Å². The third kappa shape index (κ3) is 2.03. The SMILES string of the molecule is N#Cc1cc(C2CNCCO2)c(F)cc1F. The standard InChI is InChI=1S/C11H10F2N2O/c12-9-4-10(13)8(3-7(9)5-14)11-6-15-1-2-16-11/h3-4,11,15H,1-2,6H2. The summed E-state index contributed by atoms with van der Waals surface area (Å²) in [7, 11) is 0. The van der Waals surface area contributed by atoms with Gasteiger partial charge < -0.3 is 10.1 Å². The molecule has 16 heavy (non-hydrogen) atoms. The number of nitriles is 1. The molecule has 1 heterocycles. The zero-order valence-electron chi connectivity index (χ0n) is 8.46. The van der Waals surface area contributed by atoms with Gasteiger partial charge in [-0.2, -0.15) is 5.26 Å². The number of halogens is 2. The molecular weight excluding hydrogens is 214 g/mol. The fraction of sp³-hybridized carbons (Fsp3) is 0.364. The van der Waals surface area contributed by atoms with Crippen LogP contribution < -0.4 is 5.32 Å². The highest BCUT2D eigenvalue weighted by atomic mass is 19.1. The fourth-order valence-electron chi connectivity index (χ4n) is 1.66. The zero-order chi connectivity index (χ0) is 11.5. The zero-order valence-corrected chi connectivity index (χ0v) is 8.46. The highest BCUT2D eigenvalue weighted by Crippen LogP contribution is 2.24. The Morgan fingerprint density at radius 1 is 1.38 bits per heavy atom. The van der Waals surface area contributed by atoms with Crippen LogP contribution in [0.3, 0.4) is 0 Å². The second-order valence-electron chi connectivity index (χ2n) is 3.53. The molecule has 1 aromatic rings. The maximum Gasteiger partial charge on any atom is 0.143 e. The summed E-state index contributed by atoms with van der Waals surface area (Å²) in [4.78, 5) is 0. The van der Waals surface area contributed by atoms with E-state index in [9.17, 15) is 8.78 Å². The maximum absolute atomic E-state index is 13.5. The van der Waals surface area contributed by atoms with Gasteiger partial charge in [-0.25, -0.2) is 8.78 Å². The minimum Gasteiger partial charge on any atom is -0.371 e. The topological polar surface area (TPSA) is 45.0 Å². The average Bonchev–Trinajstić information content (AvgIpc) is 2.30. The lowest BCUT2D eigenvalue weighted by Crippen LogP contribution is -2.33. The molecule has 0 aromatic heterocycles. The molecule has 1 aliphatic rings. The molecule has 1 aliphatic heterocycles. The van der Waals surface area contributed by atoms with Crippen LogP contribution in [0, 0.1) is 23.0 Å². The van der Waals surface area contributed by atoms with Gasteiger partial charge in [0.1, 0.15) is 17.7 Å². The van der Waals surface area contributed by atoms with Crippen LogP contribution in [-0.2, 0) is 4.74 Å². The average molecular weight is 224 g/mol. The summed E-state index contributed by atoms with van der Waals surface area (Å²) in [5.74, 6) is -1.52. The van der Waals surface area contributed by atoms with Crippen molar-refractivity contribution >= 4 is 0 Å². The summed E-state index contributed by atoms with van der Waals surface area (Å²) in [6, 6.07) is 3.62. The largest absolute Gasteiger partial charge is 0.371 e. The predicted molar refractivity (Wildman–Crippen MR) is 52.6 cm³/mol. The normalized spacial score (nSPS) is 20.4. The number of rotatable bonds is 1. The molecule has 1 saturated heterocycles. The Morgan fingerprint density at radius 2 is 2.19 bits per heavy atom. The van der Waals surface area contributed by atoms with Gasteiger partial charge in [0, 0.05) is 24.7 Å². The molecule has 3 nitrogen and oxygen atoms in total. The number of hydrogen-bond donors (Lipinski definition) is 1. The highest BCUT2D eigenvalue weighted by Gasteiger charge is 2.21. The number of morpholine rings is 1. The van der Waals surface area contributed by atoms with Crippen molar-refractivity contribution in [2.45, 2.75) is 6.10 Å². The van der Waals surface area contributed by atoms with E-state index in [1.54, 1.807) is 6.07 Å². The van der Waals surface area contributed by atoms with Crippen LogP contribution in [0.15, 0.2) is 12.1 Å². The number of ether oxygens (including phenoxy) is 1. The van der Waals surface area contributed by atoms with Crippen LogP contribution in [0.4, 0.5) is 8.78 Å². The van der Waals surface area contributed by atoms with Crippen LogP contribution in [-0.4, -0.2) is 19.7 Å². The summed E-state index contributed by atoms with van der Waals surface area (Å²) >= 11 is 0. The Balaban J connectivity index is 2.36. The molecule has 0 aliphatic carbocycles. The minimum atomic E-state index is -0.840. The molecule has 0 bridgehead atoms. The first-order chi connectivity index (χ1) is 7.72. The van der Waals surface area contributed by atoms with Crippen LogP contribution in [0.5, 0.6) is 0 Å². The van der Waals surface area contributed by atoms with Crippen molar-refractivity contribution in [3.05, 3.63) is 34.9 Å². The quantitative estimate of drug-likeness (QED) is 0.786. The molecule has 0 saturated carbocycles. The number of benzene rings is 1. The Kier molecular flexibility index (Phi) is 3.13. The van der Waals surface area contributed by atoms with Crippen molar-refractivity contribution in [2.75, 3.05) is 19.7 Å². The van der Waals surface area contributed by atoms with E-state index in [0.717, 1.165) is 6.07 Å². The van der Waals surface area contributed by atoms with Crippen molar-refractivity contribution in [1.82, 2.24) is 5.32 Å². The lowest BCUT2D eigenvalue weighted by atomic mass is 10.0. The molecule has 84 valence electrons. The van der Waals surface area contributed by atoms with E-state index in [4.69, 9.17) is 10.00 Å². The van der Waals surface area contributed by atoms with E-state index in [1.165, 1.54) is 6.07 Å². The first-order valence-electron chi connectivity index (χ1n) is 4.93. The maximum atomic E-state index is 13.5. The Bertz CT molecular complexity index is 436. The van der Waals surface area contributed by atoms with E-state index >= 15 is 0 Å². The fourth-order valence-corrected chi connectivity index (χ4v) is 1.66. The molecule has 0 radical (unpaired) electrons. The second-order valence-corrected chi connectivity index (χ2v) is 3.53. The van der Waals surface area contributed by atoms with Crippen LogP contribution in [0.25, 0.3) is 0 Å². The lowest BCUT2D eigenvalue weighted by Gasteiger charge is -2.24. The van der Waals surface area contributed by atoms with E-state index in [-0.39, 0.29) is 11.1 Å². The Morgan fingerprint density at radius 3 is 2.81 bits per heavy atom. The molecule has 5 heteroatoms. The van der Waals surface area contributed by atoms with E-state index in [0.29, 0.717) is 19.7 Å². The molecule has 2 rings (SSSR count). The Labute approximate surface area is 91.6 Å². The molecule has 1 atom stereocenters. The number of nitrogens with zero attached hydrogens (tertiary/aromatic N) is 1. The molecular formula is C11H10F2N2O. The first kappa shape index (κ1) is 11.0. The van der Waals surface area contributed by atoms with Gasteiger partial charge in [-0.05, 0) is 6.07 Å². The summed E-state index contributed by atoms with van der Waals surface area (Å²) in [5.41, 5.74) is 0.0655. The van der Waals surface area contributed by atoms with Crippen molar-refractivity contribution in [1.29, 1.82) is 5.26 Å². The van der Waals surface area contributed by atoms with Gasteiger partial charge in [0.15, 0.2) is 0 Å². The molecule has 0 amide bonds. The predicted octanol–water partition coefficient (Wildman–Crippen LogP) is 1.50. The van der Waals surface area contributed by atoms with Crippen molar-refractivity contribution < 1.29 is 13.5 Å². The third-order valence-electron chi connectivity index (χ3n) is 2.48. The van der Waals surface area contributed by atoms with Crippen LogP contribution in [0.2, 0.25) is 0 Å². The molecule has 1 aromatic carbocycles. The van der Waals surface area contributed by atoms with E-state index in [2.05, 4.69) is 5.32 Å². The van der Waals surface area contributed by atoms with Gasteiger partial charge >= 0.3 is 0 Å². The van der Waals surface area contributed by atoms with Gasteiger partial charge in [-0.1, -0.05) is 0 Å². The number of nitrogens with one attached hydrogen (secondary N) is 1. The van der Waals surface area contributed by atoms with E-state index < -0.39 is 17.7 Å². The van der Waals surface area contributed by atoms with Gasteiger partial charge in [-0.15, -0.1) is 0 Å². The summed E-state index contributed by atoms with van der Waals surface area (Å²) < 4.78 is 31.9. The molecule has 1 fully saturated rings.